The number of anilines is 1. The van der Waals surface area contributed by atoms with Gasteiger partial charge in [-0.05, 0) is 6.92 Å². The highest BCUT2D eigenvalue weighted by Crippen LogP contribution is 2.40. The number of aliphatic carboxylic acids is 1. The number of nitrogen functional groups attached to an aromatic ring is 1. The van der Waals surface area contributed by atoms with Crippen LogP contribution in [0.4, 0.5) is 10.6 Å². The zero-order chi connectivity index (χ0) is 24.5. The third-order valence-corrected chi connectivity index (χ3v) is 5.45. The first-order valence-electron chi connectivity index (χ1n) is 9.20. The van der Waals surface area contributed by atoms with Gasteiger partial charge in [0.1, 0.15) is 30.2 Å². The van der Waals surface area contributed by atoms with Crippen molar-refractivity contribution >= 4 is 36.9 Å². The summed E-state index contributed by atoms with van der Waals surface area (Å²) in [6, 6.07) is -1.95. The number of imidazole rings is 1. The summed E-state index contributed by atoms with van der Waals surface area (Å²) >= 11 is 0. The zero-order valence-corrected chi connectivity index (χ0v) is 17.6. The Labute approximate surface area is 184 Å². The first-order chi connectivity index (χ1) is 15.4. The van der Waals surface area contributed by atoms with E-state index in [1.165, 1.54) is 10.9 Å². The van der Waals surface area contributed by atoms with E-state index in [4.69, 9.17) is 10.5 Å². The lowest BCUT2D eigenvalue weighted by atomic mass is 10.1. The van der Waals surface area contributed by atoms with Gasteiger partial charge in [0.15, 0.2) is 17.7 Å². The third kappa shape index (κ3) is 5.36. The first kappa shape index (κ1) is 24.7. The van der Waals surface area contributed by atoms with Crippen molar-refractivity contribution in [1.82, 2.24) is 24.8 Å². The molecule has 1 amide bonds. The fourth-order valence-electron chi connectivity index (χ4n) is 2.98. The number of carboxylic acid groups (broad SMARTS) is 1. The van der Waals surface area contributed by atoms with E-state index >= 15 is 0 Å². The molecule has 2 aromatic rings. The van der Waals surface area contributed by atoms with Crippen molar-refractivity contribution in [3.63, 3.8) is 0 Å². The number of carboxylic acids is 1. The van der Waals surface area contributed by atoms with Crippen LogP contribution in [-0.4, -0.2) is 84.0 Å². The number of aliphatic hydroxyl groups excluding tert-OH is 3. The van der Waals surface area contributed by atoms with Crippen LogP contribution in [0.3, 0.4) is 0 Å². The van der Waals surface area contributed by atoms with Gasteiger partial charge in [0.25, 0.3) is 0 Å². The van der Waals surface area contributed by atoms with Gasteiger partial charge in [-0.2, -0.15) is 0 Å². The van der Waals surface area contributed by atoms with Crippen molar-refractivity contribution in [3.8, 4) is 0 Å². The van der Waals surface area contributed by atoms with Gasteiger partial charge in [-0.1, -0.05) is 0 Å². The maximum absolute atomic E-state index is 11.9. The Bertz CT molecular complexity index is 1080. The Kier molecular flexibility index (Phi) is 7.13. The van der Waals surface area contributed by atoms with Crippen LogP contribution in [0.25, 0.3) is 11.2 Å². The van der Waals surface area contributed by atoms with Gasteiger partial charge < -0.3 is 54.9 Å². The molecule has 1 saturated heterocycles. The van der Waals surface area contributed by atoms with Crippen molar-refractivity contribution < 1.29 is 53.3 Å². The number of hydrogen-bond donors (Lipinski definition) is 5. The van der Waals surface area contributed by atoms with Crippen LogP contribution >= 0.6 is 7.82 Å². The summed E-state index contributed by atoms with van der Waals surface area (Å²) < 4.78 is 27.1. The third-order valence-electron chi connectivity index (χ3n) is 4.60. The van der Waals surface area contributed by atoms with Crippen LogP contribution in [-0.2, 0) is 23.1 Å². The Morgan fingerprint density at radius 1 is 1.36 bits per heavy atom. The number of fused-ring (bicyclic) bond motifs is 1. The maximum atomic E-state index is 11.9. The molecule has 0 spiro atoms. The molecule has 182 valence electrons. The Hall–Kier alpha value is -2.92. The van der Waals surface area contributed by atoms with Crippen LogP contribution in [0, 0.1) is 0 Å². The highest BCUT2D eigenvalue weighted by atomic mass is 31.2. The smallest absolute Gasteiger partial charge is 0.413 e. The molecule has 1 aliphatic rings. The molecule has 0 bridgehead atoms. The predicted octanol–water partition coefficient (Wildman–Crippen LogP) is -4.26. The van der Waals surface area contributed by atoms with Gasteiger partial charge in [0, 0.05) is 0 Å². The molecule has 18 heteroatoms. The lowest BCUT2D eigenvalue weighted by Gasteiger charge is -2.27. The van der Waals surface area contributed by atoms with E-state index in [1.807, 2.05) is 0 Å². The number of nitrogens with one attached hydrogen (secondary N) is 1. The molecule has 17 nitrogen and oxygen atoms in total. The minimum Gasteiger partial charge on any atom is -0.746 e. The van der Waals surface area contributed by atoms with E-state index in [0.29, 0.717) is 0 Å². The lowest BCUT2D eigenvalue weighted by Crippen LogP contribution is -2.53. The van der Waals surface area contributed by atoms with Crippen molar-refractivity contribution in [2.45, 2.75) is 43.6 Å². The summed E-state index contributed by atoms with van der Waals surface area (Å²) in [5.41, 5.74) is 6.08. The number of phosphoric acid groups is 1. The number of rotatable bonds is 8. The van der Waals surface area contributed by atoms with Crippen LogP contribution in [0.1, 0.15) is 13.2 Å². The van der Waals surface area contributed by atoms with Gasteiger partial charge in [0.05, 0.1) is 31.0 Å². The maximum Gasteiger partial charge on any atom is 0.413 e. The fraction of sp³-hybridized carbons (Fsp3) is 0.533. The Morgan fingerprint density at radius 2 is 2.06 bits per heavy atom. The number of hydrogen-bond acceptors (Lipinski definition) is 15. The van der Waals surface area contributed by atoms with Crippen LogP contribution in [0.2, 0.25) is 0 Å². The van der Waals surface area contributed by atoms with Crippen LogP contribution in [0.15, 0.2) is 12.7 Å². The molecule has 2 aromatic heterocycles. The van der Waals surface area contributed by atoms with E-state index in [9.17, 15) is 39.5 Å². The number of carbonyl (C=O) groups excluding carboxylic acids is 2. The molecular weight excluding hydrogens is 471 g/mol. The van der Waals surface area contributed by atoms with Crippen molar-refractivity contribution in [2.24, 2.45) is 0 Å². The molecule has 3 rings (SSSR count). The first-order valence-corrected chi connectivity index (χ1v) is 10.7. The van der Waals surface area contributed by atoms with Crippen molar-refractivity contribution in [1.29, 1.82) is 0 Å². The van der Waals surface area contributed by atoms with Gasteiger partial charge >= 0.3 is 13.9 Å². The van der Waals surface area contributed by atoms with Crippen LogP contribution in [0.5, 0.6) is 0 Å². The largest absolute Gasteiger partial charge is 0.746 e. The molecule has 33 heavy (non-hydrogen) atoms. The molecule has 0 aromatic carbocycles. The van der Waals surface area contributed by atoms with E-state index in [1.54, 1.807) is 5.32 Å². The molecule has 3 heterocycles. The van der Waals surface area contributed by atoms with Crippen molar-refractivity contribution in [3.05, 3.63) is 12.7 Å². The highest BCUT2D eigenvalue weighted by Gasteiger charge is 2.45. The molecule has 7 atom stereocenters. The molecule has 1 aliphatic heterocycles. The summed E-state index contributed by atoms with van der Waals surface area (Å²) in [5, 5.41) is 42.2. The average molecular weight is 490 g/mol. The zero-order valence-electron chi connectivity index (χ0n) is 16.7. The molecule has 0 saturated carbocycles. The number of nitrogens with two attached hydrogens (primary N) is 1. The summed E-state index contributed by atoms with van der Waals surface area (Å²) in [7, 11) is -5.38. The molecule has 0 aliphatic carbocycles. The van der Waals surface area contributed by atoms with E-state index < -0.39 is 63.2 Å². The minimum atomic E-state index is -5.38. The molecule has 1 unspecified atom stereocenters. The predicted molar refractivity (Wildman–Crippen MR) is 99.3 cm³/mol. The summed E-state index contributed by atoms with van der Waals surface area (Å²) in [4.78, 5) is 46.1. The van der Waals surface area contributed by atoms with Crippen LogP contribution < -0.4 is 21.1 Å². The van der Waals surface area contributed by atoms with Crippen molar-refractivity contribution in [2.75, 3.05) is 12.3 Å². The van der Waals surface area contributed by atoms with Gasteiger partial charge in [-0.15, -0.1) is 0 Å². The standard InChI is InChI=1S/C15H21N6O11P/c1-5(22)7(14(25)26)20-15(27)32-33(28,29)30-2-6-9(23)10(24)13(31-6)21-4-19-8-11(16)17-3-18-12(8)21/h3-7,9-10,13,22-24H,2H2,1H3,(H,20,27)(H,25,26)(H,28,29)(H2,16,17,18)/p-2/t5-,6-,7+,9-,10-,13-/m1/s1. The number of carbonyl (C=O) groups is 2. The fourth-order valence-corrected chi connectivity index (χ4v) is 3.61. The highest BCUT2D eigenvalue weighted by molar-refractivity contribution is 7.46. The normalized spacial score (nSPS) is 26.5. The van der Waals surface area contributed by atoms with Gasteiger partial charge in [-0.25, -0.2) is 19.7 Å². The summed E-state index contributed by atoms with van der Waals surface area (Å²) in [6.07, 6.45) is -6.84. The Balaban J connectivity index is 1.63. The Morgan fingerprint density at radius 3 is 2.70 bits per heavy atom. The second kappa shape index (κ2) is 9.52. The molecule has 0 radical (unpaired) electrons. The van der Waals surface area contributed by atoms with E-state index in [0.717, 1.165) is 13.3 Å². The topological polar surface area (TPSA) is 267 Å². The number of aromatic nitrogens is 4. The number of amides is 1. The van der Waals surface area contributed by atoms with E-state index in [2.05, 4.69) is 24.0 Å². The SMILES string of the molecule is C[C@@H](O)[C@H](NC(=O)OP(=O)([O-])OC[C@H]1O[C@@H](n2cnc3c(N)ncnc32)[C@H](O)[C@@H]1O)C(=O)[O-]. The molecular formula is C15H19N6O11P-2. The van der Waals surface area contributed by atoms with E-state index in [-0.39, 0.29) is 17.0 Å². The second-order valence-electron chi connectivity index (χ2n) is 6.93. The molecule has 6 N–H and O–H groups in total. The number of nitrogens with zero attached hydrogens (tertiary/aromatic N) is 4. The molecule has 1 fully saturated rings. The average Bonchev–Trinajstić information content (AvgIpc) is 3.26. The lowest BCUT2D eigenvalue weighted by molar-refractivity contribution is -0.310. The second-order valence-corrected chi connectivity index (χ2v) is 8.27. The van der Waals surface area contributed by atoms with Gasteiger partial charge in [-0.3, -0.25) is 9.13 Å². The summed E-state index contributed by atoms with van der Waals surface area (Å²) in [5.74, 6) is -1.82. The monoisotopic (exact) mass is 490 g/mol. The minimum absolute atomic E-state index is 0.0610. The van der Waals surface area contributed by atoms with Gasteiger partial charge in [0.2, 0.25) is 0 Å². The quantitative estimate of drug-likeness (QED) is 0.219. The summed E-state index contributed by atoms with van der Waals surface area (Å²) in [6.45, 7) is 0.130. The number of phosphoric ester groups is 1. The number of ether oxygens (including phenoxy) is 1. The number of aliphatic hydroxyl groups is 3.